The highest BCUT2D eigenvalue weighted by molar-refractivity contribution is 5.59. The van der Waals surface area contributed by atoms with E-state index in [9.17, 15) is 13.2 Å². The number of rotatable bonds is 5. The first-order valence-corrected chi connectivity index (χ1v) is 8.67. The third-order valence-corrected chi connectivity index (χ3v) is 4.63. The van der Waals surface area contributed by atoms with E-state index in [1.807, 2.05) is 0 Å². The van der Waals surface area contributed by atoms with Crippen LogP contribution in [0.1, 0.15) is 18.7 Å². The molecule has 0 unspecified atom stereocenters. The van der Waals surface area contributed by atoms with Gasteiger partial charge < -0.3 is 10.2 Å². The molecule has 0 atom stereocenters. The Hall–Kier alpha value is -2.16. The average molecular weight is 368 g/mol. The highest BCUT2D eigenvalue weighted by Gasteiger charge is 2.31. The Morgan fingerprint density at radius 1 is 1.27 bits per heavy atom. The van der Waals surface area contributed by atoms with Gasteiger partial charge in [-0.1, -0.05) is 0 Å². The maximum Gasteiger partial charge on any atom is 0.408 e. The highest BCUT2D eigenvalue weighted by Crippen LogP contribution is 2.26. The Morgan fingerprint density at radius 3 is 2.65 bits per heavy atom. The van der Waals surface area contributed by atoms with Gasteiger partial charge in [-0.25, -0.2) is 14.6 Å². The van der Waals surface area contributed by atoms with Crippen molar-refractivity contribution in [1.29, 1.82) is 0 Å². The van der Waals surface area contributed by atoms with E-state index >= 15 is 0 Å². The summed E-state index contributed by atoms with van der Waals surface area (Å²) >= 11 is 0. The molecule has 6 nitrogen and oxygen atoms in total. The fourth-order valence-electron chi connectivity index (χ4n) is 3.20. The van der Waals surface area contributed by atoms with Gasteiger partial charge in [-0.2, -0.15) is 18.3 Å². The quantitative estimate of drug-likeness (QED) is 0.880. The standard InChI is InChI=1S/C17H23F3N6/c1-21-14-10-13(3-6-22-14)16-23-15(24-26(16)11-17(18,19)20)9-12-4-7-25(2)8-5-12/h3,6,10,12H,4-5,7-9,11H2,1-2H3,(H,21,22). The van der Waals surface area contributed by atoms with Crippen molar-refractivity contribution < 1.29 is 13.2 Å². The van der Waals surface area contributed by atoms with Gasteiger partial charge in [-0.05, 0) is 51.0 Å². The van der Waals surface area contributed by atoms with Crippen LogP contribution in [0.15, 0.2) is 18.3 Å². The van der Waals surface area contributed by atoms with E-state index < -0.39 is 12.7 Å². The molecule has 0 saturated carbocycles. The van der Waals surface area contributed by atoms with E-state index in [0.717, 1.165) is 30.6 Å². The van der Waals surface area contributed by atoms with Crippen LogP contribution in [0, 0.1) is 5.92 Å². The van der Waals surface area contributed by atoms with Gasteiger partial charge in [0.25, 0.3) is 0 Å². The van der Waals surface area contributed by atoms with E-state index in [1.54, 1.807) is 25.4 Å². The summed E-state index contributed by atoms with van der Waals surface area (Å²) in [5, 5.41) is 7.06. The third kappa shape index (κ3) is 4.72. The first kappa shape index (κ1) is 18.6. The monoisotopic (exact) mass is 368 g/mol. The fourth-order valence-corrected chi connectivity index (χ4v) is 3.20. The van der Waals surface area contributed by atoms with E-state index in [4.69, 9.17) is 0 Å². The lowest BCUT2D eigenvalue weighted by atomic mass is 9.94. The molecule has 1 fully saturated rings. The molecule has 26 heavy (non-hydrogen) atoms. The van der Waals surface area contributed by atoms with Crippen LogP contribution in [-0.2, 0) is 13.0 Å². The lowest BCUT2D eigenvalue weighted by Gasteiger charge is -2.28. The molecule has 2 aromatic heterocycles. The molecule has 1 aliphatic heterocycles. The van der Waals surface area contributed by atoms with Gasteiger partial charge in [0.2, 0.25) is 0 Å². The summed E-state index contributed by atoms with van der Waals surface area (Å²) in [7, 11) is 3.78. The minimum atomic E-state index is -4.36. The van der Waals surface area contributed by atoms with Gasteiger partial charge in [0.1, 0.15) is 12.4 Å². The van der Waals surface area contributed by atoms with Crippen molar-refractivity contribution in [2.45, 2.75) is 32.0 Å². The lowest BCUT2D eigenvalue weighted by Crippen LogP contribution is -2.31. The van der Waals surface area contributed by atoms with E-state index in [-0.39, 0.29) is 5.82 Å². The number of hydrogen-bond donors (Lipinski definition) is 1. The van der Waals surface area contributed by atoms with Crippen LogP contribution in [0.25, 0.3) is 11.4 Å². The van der Waals surface area contributed by atoms with Crippen molar-refractivity contribution in [2.75, 3.05) is 32.5 Å². The van der Waals surface area contributed by atoms with Gasteiger partial charge in [-0.15, -0.1) is 0 Å². The van der Waals surface area contributed by atoms with Gasteiger partial charge >= 0.3 is 6.18 Å². The molecule has 3 heterocycles. The second-order valence-corrected chi connectivity index (χ2v) is 6.75. The summed E-state index contributed by atoms with van der Waals surface area (Å²) in [6, 6.07) is 3.33. The minimum Gasteiger partial charge on any atom is -0.373 e. The molecule has 2 aromatic rings. The van der Waals surface area contributed by atoms with Crippen LogP contribution in [0.5, 0.6) is 0 Å². The van der Waals surface area contributed by atoms with Crippen LogP contribution in [0.3, 0.4) is 0 Å². The molecule has 0 aliphatic carbocycles. The molecule has 0 amide bonds. The van der Waals surface area contributed by atoms with Crippen LogP contribution in [0.2, 0.25) is 0 Å². The number of nitrogens with zero attached hydrogens (tertiary/aromatic N) is 5. The Balaban J connectivity index is 1.87. The van der Waals surface area contributed by atoms with Gasteiger partial charge in [0.05, 0.1) is 0 Å². The van der Waals surface area contributed by atoms with Crippen LogP contribution in [0.4, 0.5) is 19.0 Å². The zero-order valence-corrected chi connectivity index (χ0v) is 14.9. The largest absolute Gasteiger partial charge is 0.408 e. The van der Waals surface area contributed by atoms with E-state index in [2.05, 4.69) is 32.3 Å². The predicted molar refractivity (Wildman–Crippen MR) is 92.8 cm³/mol. The zero-order chi connectivity index (χ0) is 18.7. The first-order valence-electron chi connectivity index (χ1n) is 8.67. The first-order chi connectivity index (χ1) is 12.3. The lowest BCUT2D eigenvalue weighted by molar-refractivity contribution is -0.142. The maximum atomic E-state index is 13.0. The van der Waals surface area contributed by atoms with E-state index in [0.29, 0.717) is 29.5 Å². The van der Waals surface area contributed by atoms with Crippen molar-refractivity contribution >= 4 is 5.82 Å². The number of pyridine rings is 1. The van der Waals surface area contributed by atoms with Crippen LogP contribution in [-0.4, -0.2) is 58.0 Å². The van der Waals surface area contributed by atoms with Crippen LogP contribution < -0.4 is 5.32 Å². The molecule has 0 aromatic carbocycles. The molecule has 9 heteroatoms. The molecule has 142 valence electrons. The molecular formula is C17H23F3N6. The Morgan fingerprint density at radius 2 is 2.00 bits per heavy atom. The number of piperidine rings is 1. The van der Waals surface area contributed by atoms with Crippen molar-refractivity contribution in [3.63, 3.8) is 0 Å². The molecule has 1 saturated heterocycles. The Labute approximate surface area is 150 Å². The smallest absolute Gasteiger partial charge is 0.373 e. The molecule has 0 spiro atoms. The zero-order valence-electron chi connectivity index (χ0n) is 14.9. The predicted octanol–water partition coefficient (Wildman–Crippen LogP) is 2.83. The highest BCUT2D eigenvalue weighted by atomic mass is 19.4. The van der Waals surface area contributed by atoms with Gasteiger partial charge in [0, 0.05) is 25.2 Å². The second kappa shape index (κ2) is 7.61. The second-order valence-electron chi connectivity index (χ2n) is 6.75. The van der Waals surface area contributed by atoms with Crippen molar-refractivity contribution in [3.8, 4) is 11.4 Å². The summed E-state index contributed by atoms with van der Waals surface area (Å²) < 4.78 is 39.9. The summed E-state index contributed by atoms with van der Waals surface area (Å²) in [6.07, 6.45) is -0.177. The molecular weight excluding hydrogens is 345 g/mol. The Kier molecular flexibility index (Phi) is 5.45. The van der Waals surface area contributed by atoms with Crippen molar-refractivity contribution in [2.24, 2.45) is 5.92 Å². The number of hydrogen-bond acceptors (Lipinski definition) is 5. The average Bonchev–Trinajstić information content (AvgIpc) is 2.97. The number of nitrogens with one attached hydrogen (secondary N) is 1. The maximum absolute atomic E-state index is 13.0. The SMILES string of the molecule is CNc1cc(-c2nc(CC3CCN(C)CC3)nn2CC(F)(F)F)ccn1. The molecule has 0 radical (unpaired) electrons. The summed E-state index contributed by atoms with van der Waals surface area (Å²) in [6.45, 7) is 0.841. The minimum absolute atomic E-state index is 0.226. The van der Waals surface area contributed by atoms with Gasteiger partial charge in [0.15, 0.2) is 11.6 Å². The molecule has 1 N–H and O–H groups in total. The number of likely N-dealkylation sites (tertiary alicyclic amines) is 1. The molecule has 3 rings (SSSR count). The molecule has 0 bridgehead atoms. The summed E-state index contributed by atoms with van der Waals surface area (Å²) in [5.74, 6) is 1.68. The Bertz CT molecular complexity index is 734. The van der Waals surface area contributed by atoms with Crippen molar-refractivity contribution in [1.82, 2.24) is 24.6 Å². The third-order valence-electron chi connectivity index (χ3n) is 4.63. The molecule has 1 aliphatic rings. The van der Waals surface area contributed by atoms with Crippen molar-refractivity contribution in [3.05, 3.63) is 24.2 Å². The summed E-state index contributed by atoms with van der Waals surface area (Å²) in [4.78, 5) is 10.8. The topological polar surface area (TPSA) is 58.9 Å². The number of aromatic nitrogens is 4. The normalized spacial score (nSPS) is 16.8. The summed E-state index contributed by atoms with van der Waals surface area (Å²) in [5.41, 5.74) is 0.565. The van der Waals surface area contributed by atoms with Gasteiger partial charge in [-0.3, -0.25) is 0 Å². The number of alkyl halides is 3. The van der Waals surface area contributed by atoms with Crippen LogP contribution >= 0.6 is 0 Å². The number of anilines is 1. The fraction of sp³-hybridized carbons (Fsp3) is 0.588. The van der Waals surface area contributed by atoms with E-state index in [1.165, 1.54) is 0 Å². The number of halogens is 3.